The summed E-state index contributed by atoms with van der Waals surface area (Å²) in [5.74, 6) is 0.108. The highest BCUT2D eigenvalue weighted by Gasteiger charge is 2.19. The molecule has 0 radical (unpaired) electrons. The maximum absolute atomic E-state index is 12.4. The minimum Gasteiger partial charge on any atom is -0.340 e. The average molecular weight is 321 g/mol. The van der Waals surface area contributed by atoms with Crippen LogP contribution in [-0.2, 0) is 17.8 Å². The zero-order valence-corrected chi connectivity index (χ0v) is 14.1. The second-order valence-corrected chi connectivity index (χ2v) is 7.26. The van der Waals surface area contributed by atoms with Crippen LogP contribution in [-0.4, -0.2) is 33.1 Å². The number of thioether (sulfide) groups is 1. The molecule has 4 nitrogen and oxygen atoms in total. The normalized spacial score (nSPS) is 12.1. The summed E-state index contributed by atoms with van der Waals surface area (Å²) in [7, 11) is 1.84. The highest BCUT2D eigenvalue weighted by atomic mass is 32.2. The van der Waals surface area contributed by atoms with Gasteiger partial charge < -0.3 is 4.90 Å². The van der Waals surface area contributed by atoms with Crippen LogP contribution in [0.1, 0.15) is 23.7 Å². The molecule has 2 aromatic rings. The molecule has 0 aromatic carbocycles. The van der Waals surface area contributed by atoms with Crippen LogP contribution in [0.5, 0.6) is 0 Å². The number of amides is 1. The predicted octanol–water partition coefficient (Wildman–Crippen LogP) is 3.24. The fourth-order valence-corrected chi connectivity index (χ4v) is 3.69. The zero-order chi connectivity index (χ0) is 15.2. The van der Waals surface area contributed by atoms with Crippen LogP contribution in [0.2, 0.25) is 0 Å². The van der Waals surface area contributed by atoms with Crippen molar-refractivity contribution in [2.45, 2.75) is 37.1 Å². The monoisotopic (exact) mass is 321 g/mol. The van der Waals surface area contributed by atoms with Gasteiger partial charge >= 0.3 is 0 Å². The molecule has 21 heavy (non-hydrogen) atoms. The number of nitrogens with zero attached hydrogens (tertiary/aromatic N) is 3. The van der Waals surface area contributed by atoms with Gasteiger partial charge in [-0.05, 0) is 25.5 Å². The minimum absolute atomic E-state index is 0.108. The molecule has 0 fully saturated rings. The molecule has 2 rings (SSSR count). The summed E-state index contributed by atoms with van der Waals surface area (Å²) in [5, 5.41) is 1.84. The molecule has 0 aliphatic rings. The van der Waals surface area contributed by atoms with Gasteiger partial charge in [-0.3, -0.25) is 4.79 Å². The average Bonchev–Trinajstić information content (AvgIpc) is 2.95. The second kappa shape index (κ2) is 7.56. The molecule has 1 atom stereocenters. The molecule has 0 spiro atoms. The van der Waals surface area contributed by atoms with Crippen molar-refractivity contribution >= 4 is 29.0 Å². The summed E-state index contributed by atoms with van der Waals surface area (Å²) in [5.41, 5.74) is 0. The maximum atomic E-state index is 12.4. The highest BCUT2D eigenvalue weighted by Crippen LogP contribution is 2.23. The third-order valence-electron chi connectivity index (χ3n) is 2.96. The van der Waals surface area contributed by atoms with E-state index in [0.29, 0.717) is 6.54 Å². The number of pyridine rings is 1. The lowest BCUT2D eigenvalue weighted by molar-refractivity contribution is -0.129. The standard InChI is InChI=1S/C15H19N3OS2/c1-4-13-17-9-12(21-13)10-18(3)15(19)11(2)20-14-7-5-6-8-16-14/h5-9,11H,4,10H2,1-3H3/t11-/m1/s1. The van der Waals surface area contributed by atoms with Crippen LogP contribution < -0.4 is 0 Å². The van der Waals surface area contributed by atoms with Gasteiger partial charge in [-0.1, -0.05) is 24.8 Å². The van der Waals surface area contributed by atoms with Crippen LogP contribution in [0.3, 0.4) is 0 Å². The van der Waals surface area contributed by atoms with Crippen LogP contribution >= 0.6 is 23.1 Å². The lowest BCUT2D eigenvalue weighted by atomic mass is 10.4. The number of hydrogen-bond donors (Lipinski definition) is 0. The Labute approximate surface area is 133 Å². The van der Waals surface area contributed by atoms with Gasteiger partial charge in [0.15, 0.2) is 0 Å². The molecule has 0 unspecified atom stereocenters. The number of aryl methyl sites for hydroxylation is 1. The van der Waals surface area contributed by atoms with E-state index >= 15 is 0 Å². The number of rotatable bonds is 6. The first-order valence-corrected chi connectivity index (χ1v) is 8.56. The minimum atomic E-state index is -0.150. The largest absolute Gasteiger partial charge is 0.340 e. The lowest BCUT2D eigenvalue weighted by Gasteiger charge is -2.20. The van der Waals surface area contributed by atoms with Gasteiger partial charge in [-0.2, -0.15) is 0 Å². The van der Waals surface area contributed by atoms with Gasteiger partial charge in [0.1, 0.15) is 0 Å². The second-order valence-electron chi connectivity index (χ2n) is 4.70. The third-order valence-corrected chi connectivity index (χ3v) is 5.12. The number of thiazole rings is 1. The number of carbonyl (C=O) groups excluding carboxylic acids is 1. The Bertz CT molecular complexity index is 586. The van der Waals surface area contributed by atoms with E-state index < -0.39 is 0 Å². The van der Waals surface area contributed by atoms with E-state index in [0.717, 1.165) is 21.3 Å². The van der Waals surface area contributed by atoms with Crippen molar-refractivity contribution in [3.63, 3.8) is 0 Å². The van der Waals surface area contributed by atoms with Crippen LogP contribution in [0.4, 0.5) is 0 Å². The van der Waals surface area contributed by atoms with Gasteiger partial charge in [0, 0.05) is 24.3 Å². The fraction of sp³-hybridized carbons (Fsp3) is 0.400. The fourth-order valence-electron chi connectivity index (χ4n) is 1.85. The Kier molecular flexibility index (Phi) is 5.76. The Morgan fingerprint density at radius 3 is 2.86 bits per heavy atom. The van der Waals surface area contributed by atoms with E-state index in [1.165, 1.54) is 11.8 Å². The van der Waals surface area contributed by atoms with Crippen molar-refractivity contribution in [3.8, 4) is 0 Å². The molecule has 0 aliphatic heterocycles. The molecule has 2 aromatic heterocycles. The van der Waals surface area contributed by atoms with E-state index in [9.17, 15) is 4.79 Å². The van der Waals surface area contributed by atoms with Crippen molar-refractivity contribution in [2.75, 3.05) is 7.05 Å². The Hall–Kier alpha value is -1.40. The zero-order valence-electron chi connectivity index (χ0n) is 12.4. The Morgan fingerprint density at radius 2 is 2.24 bits per heavy atom. The van der Waals surface area contributed by atoms with Crippen molar-refractivity contribution in [2.24, 2.45) is 0 Å². The summed E-state index contributed by atoms with van der Waals surface area (Å²) in [6.45, 7) is 4.62. The van der Waals surface area contributed by atoms with Crippen LogP contribution in [0.25, 0.3) is 0 Å². The maximum Gasteiger partial charge on any atom is 0.235 e. The molecule has 1 amide bonds. The molecular formula is C15H19N3OS2. The van der Waals surface area contributed by atoms with Crippen molar-refractivity contribution in [1.82, 2.24) is 14.9 Å². The molecule has 0 bridgehead atoms. The van der Waals surface area contributed by atoms with E-state index in [-0.39, 0.29) is 11.2 Å². The van der Waals surface area contributed by atoms with Crippen LogP contribution in [0, 0.1) is 0 Å². The van der Waals surface area contributed by atoms with Gasteiger partial charge in [0.05, 0.1) is 21.8 Å². The van der Waals surface area contributed by atoms with E-state index in [1.54, 1.807) is 22.4 Å². The Balaban J connectivity index is 1.92. The SMILES string of the molecule is CCc1ncc(CN(C)C(=O)[C@@H](C)Sc2ccccn2)s1. The smallest absolute Gasteiger partial charge is 0.235 e. The molecule has 2 heterocycles. The number of carbonyl (C=O) groups is 1. The molecule has 6 heteroatoms. The topological polar surface area (TPSA) is 46.1 Å². The molecule has 0 saturated carbocycles. The van der Waals surface area contributed by atoms with E-state index in [2.05, 4.69) is 16.9 Å². The van der Waals surface area contributed by atoms with Gasteiger partial charge in [-0.15, -0.1) is 11.3 Å². The third kappa shape index (κ3) is 4.54. The quantitative estimate of drug-likeness (QED) is 0.766. The number of hydrogen-bond acceptors (Lipinski definition) is 5. The molecule has 0 N–H and O–H groups in total. The van der Waals surface area contributed by atoms with Gasteiger partial charge in [-0.25, -0.2) is 9.97 Å². The predicted molar refractivity (Wildman–Crippen MR) is 87.5 cm³/mol. The first kappa shape index (κ1) is 16.0. The molecule has 0 saturated heterocycles. The number of aromatic nitrogens is 2. The van der Waals surface area contributed by atoms with Gasteiger partial charge in [0.2, 0.25) is 5.91 Å². The Morgan fingerprint density at radius 1 is 1.43 bits per heavy atom. The molecular weight excluding hydrogens is 302 g/mol. The highest BCUT2D eigenvalue weighted by molar-refractivity contribution is 8.00. The molecule has 112 valence electrons. The summed E-state index contributed by atoms with van der Waals surface area (Å²) in [6.07, 6.45) is 4.55. The first-order chi connectivity index (χ1) is 10.1. The van der Waals surface area contributed by atoms with E-state index in [1.807, 2.05) is 38.4 Å². The van der Waals surface area contributed by atoms with Crippen molar-refractivity contribution in [1.29, 1.82) is 0 Å². The van der Waals surface area contributed by atoms with E-state index in [4.69, 9.17) is 0 Å². The summed E-state index contributed by atoms with van der Waals surface area (Å²) in [4.78, 5) is 23.8. The van der Waals surface area contributed by atoms with Crippen molar-refractivity contribution < 1.29 is 4.79 Å². The lowest BCUT2D eigenvalue weighted by Crippen LogP contribution is -2.32. The molecule has 0 aliphatic carbocycles. The van der Waals surface area contributed by atoms with Crippen molar-refractivity contribution in [3.05, 3.63) is 40.5 Å². The van der Waals surface area contributed by atoms with Crippen LogP contribution in [0.15, 0.2) is 35.6 Å². The summed E-state index contributed by atoms with van der Waals surface area (Å²) in [6, 6.07) is 5.72. The summed E-state index contributed by atoms with van der Waals surface area (Å²) >= 11 is 3.16. The summed E-state index contributed by atoms with van der Waals surface area (Å²) < 4.78 is 0. The first-order valence-electron chi connectivity index (χ1n) is 6.86. The van der Waals surface area contributed by atoms with Gasteiger partial charge in [0.25, 0.3) is 0 Å².